The van der Waals surface area contributed by atoms with Crippen LogP contribution in [0, 0.1) is 6.92 Å². The Kier molecular flexibility index (Phi) is 4.70. The number of nitrogens with zero attached hydrogens (tertiary/aromatic N) is 3. The highest BCUT2D eigenvalue weighted by atomic mass is 16.3. The SMILES string of the molecule is Cc1ncc(CO)c(/C=N/N=C/c2ccc(O)c(O)c2)c1O. The van der Waals surface area contributed by atoms with Crippen LogP contribution in [0.3, 0.4) is 0 Å². The summed E-state index contributed by atoms with van der Waals surface area (Å²) in [4.78, 5) is 3.94. The minimum Gasteiger partial charge on any atom is -0.505 e. The highest BCUT2D eigenvalue weighted by molar-refractivity contribution is 5.87. The standard InChI is InChI=1S/C15H15N3O4/c1-9-15(22)12(11(8-19)6-16-9)7-18-17-5-10-2-3-13(20)14(21)4-10/h2-7,19-22H,8H2,1H3/b17-5+,18-7+. The monoisotopic (exact) mass is 301 g/mol. The molecule has 1 heterocycles. The van der Waals surface area contributed by atoms with Crippen LogP contribution in [0.1, 0.15) is 22.4 Å². The number of aliphatic hydroxyl groups excluding tert-OH is 1. The third kappa shape index (κ3) is 3.39. The molecule has 0 unspecified atom stereocenters. The normalized spacial score (nSPS) is 11.5. The maximum Gasteiger partial charge on any atom is 0.158 e. The molecule has 114 valence electrons. The highest BCUT2D eigenvalue weighted by Crippen LogP contribution is 2.24. The topological polar surface area (TPSA) is 119 Å². The molecule has 0 fully saturated rings. The van der Waals surface area contributed by atoms with Gasteiger partial charge < -0.3 is 20.4 Å². The molecule has 1 aromatic heterocycles. The van der Waals surface area contributed by atoms with E-state index in [0.717, 1.165) is 0 Å². The van der Waals surface area contributed by atoms with Gasteiger partial charge in [-0.3, -0.25) is 4.98 Å². The summed E-state index contributed by atoms with van der Waals surface area (Å²) in [5, 5.41) is 45.3. The van der Waals surface area contributed by atoms with Gasteiger partial charge in [-0.2, -0.15) is 10.2 Å². The number of aryl methyl sites for hydroxylation is 1. The molecule has 0 aliphatic carbocycles. The van der Waals surface area contributed by atoms with Crippen molar-refractivity contribution in [2.24, 2.45) is 10.2 Å². The Hall–Kier alpha value is -2.93. The Balaban J connectivity index is 2.20. The fourth-order valence-corrected chi connectivity index (χ4v) is 1.73. The van der Waals surface area contributed by atoms with Gasteiger partial charge in [0.2, 0.25) is 0 Å². The van der Waals surface area contributed by atoms with Crippen molar-refractivity contribution in [2.45, 2.75) is 13.5 Å². The molecule has 0 atom stereocenters. The largest absolute Gasteiger partial charge is 0.505 e. The summed E-state index contributed by atoms with van der Waals surface area (Å²) in [7, 11) is 0. The summed E-state index contributed by atoms with van der Waals surface area (Å²) in [5.74, 6) is -0.531. The van der Waals surface area contributed by atoms with Crippen molar-refractivity contribution in [3.05, 3.63) is 46.8 Å². The minimum atomic E-state index is -0.280. The lowest BCUT2D eigenvalue weighted by Gasteiger charge is -2.06. The first-order valence-corrected chi connectivity index (χ1v) is 6.39. The maximum atomic E-state index is 9.92. The van der Waals surface area contributed by atoms with Crippen LogP contribution in [0.4, 0.5) is 0 Å². The molecular weight excluding hydrogens is 286 g/mol. The zero-order valence-corrected chi connectivity index (χ0v) is 11.8. The zero-order chi connectivity index (χ0) is 16.1. The van der Waals surface area contributed by atoms with Crippen LogP contribution in [-0.4, -0.2) is 37.8 Å². The van der Waals surface area contributed by atoms with Gasteiger partial charge in [0.25, 0.3) is 0 Å². The Morgan fingerprint density at radius 1 is 1.09 bits per heavy atom. The minimum absolute atomic E-state index is 0.0622. The van der Waals surface area contributed by atoms with Crippen LogP contribution < -0.4 is 0 Å². The second-order valence-corrected chi connectivity index (χ2v) is 4.53. The van der Waals surface area contributed by atoms with E-state index >= 15 is 0 Å². The number of rotatable bonds is 4. The van der Waals surface area contributed by atoms with Crippen LogP contribution in [0.25, 0.3) is 0 Å². The van der Waals surface area contributed by atoms with E-state index < -0.39 is 0 Å². The molecule has 2 rings (SSSR count). The molecule has 0 amide bonds. The summed E-state index contributed by atoms with van der Waals surface area (Å²) in [5.41, 5.74) is 1.75. The fourth-order valence-electron chi connectivity index (χ4n) is 1.73. The third-order valence-electron chi connectivity index (χ3n) is 2.99. The molecule has 7 nitrogen and oxygen atoms in total. The smallest absolute Gasteiger partial charge is 0.158 e. The Bertz CT molecular complexity index is 742. The van der Waals surface area contributed by atoms with Crippen LogP contribution in [0.5, 0.6) is 17.2 Å². The second-order valence-electron chi connectivity index (χ2n) is 4.53. The number of hydrogen-bond acceptors (Lipinski definition) is 7. The fraction of sp³-hybridized carbons (Fsp3) is 0.133. The van der Waals surface area contributed by atoms with Gasteiger partial charge in [0.15, 0.2) is 11.5 Å². The van der Waals surface area contributed by atoms with Gasteiger partial charge >= 0.3 is 0 Å². The van der Waals surface area contributed by atoms with Crippen LogP contribution >= 0.6 is 0 Å². The summed E-state index contributed by atoms with van der Waals surface area (Å²) >= 11 is 0. The van der Waals surface area contributed by atoms with Crippen molar-refractivity contribution in [1.29, 1.82) is 0 Å². The number of pyridine rings is 1. The van der Waals surface area contributed by atoms with Gasteiger partial charge in [-0.15, -0.1) is 0 Å². The van der Waals surface area contributed by atoms with E-state index in [1.165, 1.54) is 30.8 Å². The van der Waals surface area contributed by atoms with E-state index in [-0.39, 0.29) is 23.9 Å². The first kappa shape index (κ1) is 15.5. The predicted molar refractivity (Wildman–Crippen MR) is 81.5 cm³/mol. The number of aromatic hydroxyl groups is 3. The van der Waals surface area contributed by atoms with Crippen molar-refractivity contribution in [3.8, 4) is 17.2 Å². The molecule has 7 heteroatoms. The molecule has 0 saturated carbocycles. The van der Waals surface area contributed by atoms with Crippen molar-refractivity contribution in [3.63, 3.8) is 0 Å². The van der Waals surface area contributed by atoms with Crippen molar-refractivity contribution in [1.82, 2.24) is 4.98 Å². The first-order chi connectivity index (χ1) is 10.5. The Morgan fingerprint density at radius 3 is 2.50 bits per heavy atom. The van der Waals surface area contributed by atoms with E-state index in [0.29, 0.717) is 22.4 Å². The summed E-state index contributed by atoms with van der Waals surface area (Å²) in [6.45, 7) is 1.36. The van der Waals surface area contributed by atoms with E-state index in [1.54, 1.807) is 13.0 Å². The van der Waals surface area contributed by atoms with Gasteiger partial charge in [0.05, 0.1) is 24.7 Å². The van der Waals surface area contributed by atoms with E-state index in [9.17, 15) is 20.4 Å². The quantitative estimate of drug-likeness (QED) is 0.387. The van der Waals surface area contributed by atoms with Crippen LogP contribution in [0.2, 0.25) is 0 Å². The molecule has 0 aliphatic rings. The number of aliphatic hydroxyl groups is 1. The van der Waals surface area contributed by atoms with Crippen molar-refractivity contribution < 1.29 is 20.4 Å². The van der Waals surface area contributed by atoms with Crippen LogP contribution in [0.15, 0.2) is 34.6 Å². The van der Waals surface area contributed by atoms with Crippen molar-refractivity contribution in [2.75, 3.05) is 0 Å². The number of phenolic OH excluding ortho intramolecular Hbond substituents is 2. The van der Waals surface area contributed by atoms with Gasteiger partial charge in [0.1, 0.15) is 5.75 Å². The number of aromatic nitrogens is 1. The lowest BCUT2D eigenvalue weighted by atomic mass is 10.1. The molecule has 0 saturated heterocycles. The lowest BCUT2D eigenvalue weighted by Crippen LogP contribution is -1.97. The number of phenols is 2. The summed E-state index contributed by atoms with van der Waals surface area (Å²) in [6.07, 6.45) is 4.14. The summed E-state index contributed by atoms with van der Waals surface area (Å²) < 4.78 is 0. The van der Waals surface area contributed by atoms with Crippen LogP contribution in [-0.2, 0) is 6.61 Å². The van der Waals surface area contributed by atoms with E-state index in [2.05, 4.69) is 15.2 Å². The van der Waals surface area contributed by atoms with E-state index in [4.69, 9.17) is 0 Å². The molecular formula is C15H15N3O4. The zero-order valence-electron chi connectivity index (χ0n) is 11.8. The Labute approximate surface area is 126 Å². The average molecular weight is 301 g/mol. The lowest BCUT2D eigenvalue weighted by molar-refractivity contribution is 0.280. The Morgan fingerprint density at radius 2 is 1.82 bits per heavy atom. The highest BCUT2D eigenvalue weighted by Gasteiger charge is 2.08. The number of hydrogen-bond donors (Lipinski definition) is 4. The molecule has 4 N–H and O–H groups in total. The molecule has 2 aromatic rings. The van der Waals surface area contributed by atoms with E-state index in [1.807, 2.05) is 0 Å². The number of benzene rings is 1. The maximum absolute atomic E-state index is 9.92. The van der Waals surface area contributed by atoms with Gasteiger partial charge in [-0.1, -0.05) is 0 Å². The molecule has 1 aromatic carbocycles. The van der Waals surface area contributed by atoms with Crippen molar-refractivity contribution >= 4 is 12.4 Å². The predicted octanol–water partition coefficient (Wildman–Crippen LogP) is 1.45. The van der Waals surface area contributed by atoms with Gasteiger partial charge in [-0.25, -0.2) is 0 Å². The average Bonchev–Trinajstić information content (AvgIpc) is 2.51. The molecule has 22 heavy (non-hydrogen) atoms. The van der Waals surface area contributed by atoms with Gasteiger partial charge in [0, 0.05) is 17.3 Å². The first-order valence-electron chi connectivity index (χ1n) is 6.39. The molecule has 0 radical (unpaired) electrons. The summed E-state index contributed by atoms with van der Waals surface area (Å²) in [6, 6.07) is 4.23. The molecule has 0 bridgehead atoms. The van der Waals surface area contributed by atoms with Gasteiger partial charge in [-0.05, 0) is 30.7 Å². The molecule has 0 spiro atoms. The second kappa shape index (κ2) is 6.68. The third-order valence-corrected chi connectivity index (χ3v) is 2.99. The molecule has 0 aliphatic heterocycles.